The van der Waals surface area contributed by atoms with E-state index in [4.69, 9.17) is 9.47 Å². The molecule has 0 aliphatic heterocycles. The molecule has 0 fully saturated rings. The normalized spacial score (nSPS) is 11.0. The smallest absolute Gasteiger partial charge is 0.162 e. The standard InChI is InChI=1S/C18H15BrFNO2/c1-3-23-18-10-15(19)12(9-17(18)22-2)8-13(11-21)14-6-4-5-7-16(14)20/h4-10H,3H2,1-2H3. The Hall–Kier alpha value is -2.32. The molecule has 0 aliphatic carbocycles. The molecule has 0 N–H and O–H groups in total. The first kappa shape index (κ1) is 17.0. The van der Waals surface area contributed by atoms with E-state index >= 15 is 0 Å². The zero-order chi connectivity index (χ0) is 16.8. The summed E-state index contributed by atoms with van der Waals surface area (Å²) in [6, 6.07) is 11.7. The van der Waals surface area contributed by atoms with Gasteiger partial charge in [-0.05, 0) is 36.8 Å². The third kappa shape index (κ3) is 3.91. The summed E-state index contributed by atoms with van der Waals surface area (Å²) < 4.78 is 25.4. The van der Waals surface area contributed by atoms with Gasteiger partial charge in [0.2, 0.25) is 0 Å². The van der Waals surface area contributed by atoms with Gasteiger partial charge in [-0.25, -0.2) is 4.39 Å². The molecule has 0 radical (unpaired) electrons. The van der Waals surface area contributed by atoms with Crippen LogP contribution in [0, 0.1) is 17.1 Å². The lowest BCUT2D eigenvalue weighted by Gasteiger charge is -2.12. The van der Waals surface area contributed by atoms with Crippen LogP contribution in [-0.4, -0.2) is 13.7 Å². The third-order valence-electron chi connectivity index (χ3n) is 3.17. The Morgan fingerprint density at radius 1 is 1.30 bits per heavy atom. The van der Waals surface area contributed by atoms with Crippen LogP contribution >= 0.6 is 15.9 Å². The monoisotopic (exact) mass is 375 g/mol. The van der Waals surface area contributed by atoms with Crippen molar-refractivity contribution in [1.29, 1.82) is 5.26 Å². The second-order valence-electron chi connectivity index (χ2n) is 4.61. The molecule has 0 bridgehead atoms. The van der Waals surface area contributed by atoms with Gasteiger partial charge in [0.25, 0.3) is 0 Å². The number of benzene rings is 2. The summed E-state index contributed by atoms with van der Waals surface area (Å²) in [6.45, 7) is 2.39. The number of halogens is 2. The lowest BCUT2D eigenvalue weighted by molar-refractivity contribution is 0.310. The SMILES string of the molecule is CCOc1cc(Br)c(C=C(C#N)c2ccccc2F)cc1OC. The fraction of sp³-hybridized carbons (Fsp3) is 0.167. The van der Waals surface area contributed by atoms with E-state index in [9.17, 15) is 9.65 Å². The van der Waals surface area contributed by atoms with Crippen molar-refractivity contribution >= 4 is 27.6 Å². The van der Waals surface area contributed by atoms with E-state index in [1.54, 1.807) is 43.5 Å². The Morgan fingerprint density at radius 3 is 2.65 bits per heavy atom. The third-order valence-corrected chi connectivity index (χ3v) is 3.85. The van der Waals surface area contributed by atoms with E-state index < -0.39 is 5.82 Å². The highest BCUT2D eigenvalue weighted by molar-refractivity contribution is 9.10. The molecule has 23 heavy (non-hydrogen) atoms. The molecule has 2 rings (SSSR count). The quantitative estimate of drug-likeness (QED) is 0.541. The van der Waals surface area contributed by atoms with Gasteiger partial charge in [-0.15, -0.1) is 0 Å². The Kier molecular flexibility index (Phi) is 5.78. The van der Waals surface area contributed by atoms with Crippen molar-refractivity contribution in [3.8, 4) is 17.6 Å². The Labute approximate surface area is 143 Å². The minimum absolute atomic E-state index is 0.231. The summed E-state index contributed by atoms with van der Waals surface area (Å²) in [5.74, 6) is 0.713. The summed E-state index contributed by atoms with van der Waals surface area (Å²) in [4.78, 5) is 0. The highest BCUT2D eigenvalue weighted by Crippen LogP contribution is 2.35. The maximum atomic E-state index is 13.9. The van der Waals surface area contributed by atoms with Crippen molar-refractivity contribution in [3.63, 3.8) is 0 Å². The van der Waals surface area contributed by atoms with Gasteiger partial charge in [0.1, 0.15) is 5.82 Å². The number of ether oxygens (including phenoxy) is 2. The second kappa shape index (κ2) is 7.80. The molecule has 2 aromatic carbocycles. The lowest BCUT2D eigenvalue weighted by atomic mass is 10.0. The maximum absolute atomic E-state index is 13.9. The predicted molar refractivity (Wildman–Crippen MR) is 91.7 cm³/mol. The number of allylic oxidation sites excluding steroid dienone is 1. The molecule has 3 nitrogen and oxygen atoms in total. The average molecular weight is 376 g/mol. The second-order valence-corrected chi connectivity index (χ2v) is 5.46. The number of methoxy groups -OCH3 is 1. The van der Waals surface area contributed by atoms with E-state index in [-0.39, 0.29) is 11.1 Å². The number of rotatable bonds is 5. The van der Waals surface area contributed by atoms with Gasteiger partial charge in [0.15, 0.2) is 11.5 Å². The molecule has 0 saturated carbocycles. The highest BCUT2D eigenvalue weighted by Gasteiger charge is 2.12. The molecular formula is C18H15BrFNO2. The molecule has 5 heteroatoms. The van der Waals surface area contributed by atoms with Crippen molar-refractivity contribution in [1.82, 2.24) is 0 Å². The number of hydrogen-bond acceptors (Lipinski definition) is 3. The molecule has 118 valence electrons. The summed E-state index contributed by atoms with van der Waals surface area (Å²) >= 11 is 3.45. The largest absolute Gasteiger partial charge is 0.493 e. The first-order chi connectivity index (χ1) is 11.1. The molecule has 0 amide bonds. The molecule has 0 spiro atoms. The van der Waals surface area contributed by atoms with Gasteiger partial charge in [0.05, 0.1) is 25.4 Å². The van der Waals surface area contributed by atoms with Gasteiger partial charge in [-0.2, -0.15) is 5.26 Å². The van der Waals surface area contributed by atoms with Crippen LogP contribution in [0.4, 0.5) is 4.39 Å². The molecule has 0 aliphatic rings. The van der Waals surface area contributed by atoms with E-state index in [0.717, 1.165) is 4.47 Å². The average Bonchev–Trinajstić information content (AvgIpc) is 2.55. The Morgan fingerprint density at radius 2 is 2.04 bits per heavy atom. The topological polar surface area (TPSA) is 42.2 Å². The first-order valence-electron chi connectivity index (χ1n) is 6.97. The van der Waals surface area contributed by atoms with Gasteiger partial charge in [-0.3, -0.25) is 0 Å². The minimum atomic E-state index is -0.436. The zero-order valence-electron chi connectivity index (χ0n) is 12.8. The van der Waals surface area contributed by atoms with E-state index in [1.165, 1.54) is 6.07 Å². The molecule has 0 unspecified atom stereocenters. The van der Waals surface area contributed by atoms with Crippen molar-refractivity contribution in [2.24, 2.45) is 0 Å². The molecular weight excluding hydrogens is 361 g/mol. The lowest BCUT2D eigenvalue weighted by Crippen LogP contribution is -1.96. The van der Waals surface area contributed by atoms with Gasteiger partial charge < -0.3 is 9.47 Å². The van der Waals surface area contributed by atoms with Crippen molar-refractivity contribution in [2.45, 2.75) is 6.92 Å². The van der Waals surface area contributed by atoms with Crippen LogP contribution in [0.1, 0.15) is 18.1 Å². The van der Waals surface area contributed by atoms with Crippen LogP contribution in [0.25, 0.3) is 11.6 Å². The molecule has 0 heterocycles. The van der Waals surface area contributed by atoms with Crippen molar-refractivity contribution in [2.75, 3.05) is 13.7 Å². The van der Waals surface area contributed by atoms with Crippen LogP contribution in [0.5, 0.6) is 11.5 Å². The summed E-state index contributed by atoms with van der Waals surface area (Å²) in [7, 11) is 1.54. The number of hydrogen-bond donors (Lipinski definition) is 0. The van der Waals surface area contributed by atoms with Crippen LogP contribution in [-0.2, 0) is 0 Å². The number of nitrogens with zero attached hydrogens (tertiary/aromatic N) is 1. The summed E-state index contributed by atoms with van der Waals surface area (Å²) in [6.07, 6.45) is 1.61. The highest BCUT2D eigenvalue weighted by atomic mass is 79.9. The molecule has 0 saturated heterocycles. The molecule has 2 aromatic rings. The fourth-order valence-corrected chi connectivity index (χ4v) is 2.53. The Bertz CT molecular complexity index is 781. The Balaban J connectivity index is 2.53. The van der Waals surface area contributed by atoms with Crippen LogP contribution < -0.4 is 9.47 Å². The van der Waals surface area contributed by atoms with Gasteiger partial charge in [0, 0.05) is 10.0 Å². The van der Waals surface area contributed by atoms with Gasteiger partial charge in [-0.1, -0.05) is 34.1 Å². The summed E-state index contributed by atoms with van der Waals surface area (Å²) in [5.41, 5.74) is 1.19. The fourth-order valence-electron chi connectivity index (χ4n) is 2.09. The summed E-state index contributed by atoms with van der Waals surface area (Å²) in [5, 5.41) is 9.37. The maximum Gasteiger partial charge on any atom is 0.162 e. The van der Waals surface area contributed by atoms with Gasteiger partial charge >= 0.3 is 0 Å². The van der Waals surface area contributed by atoms with Crippen molar-refractivity contribution in [3.05, 3.63) is 57.8 Å². The van der Waals surface area contributed by atoms with Crippen LogP contribution in [0.3, 0.4) is 0 Å². The first-order valence-corrected chi connectivity index (χ1v) is 7.77. The van der Waals surface area contributed by atoms with Crippen LogP contribution in [0.2, 0.25) is 0 Å². The van der Waals surface area contributed by atoms with E-state index in [0.29, 0.717) is 23.7 Å². The minimum Gasteiger partial charge on any atom is -0.493 e. The number of nitriles is 1. The van der Waals surface area contributed by atoms with E-state index in [1.807, 2.05) is 13.0 Å². The molecule has 0 atom stereocenters. The molecule has 0 aromatic heterocycles. The predicted octanol–water partition coefficient (Wildman–Crippen LogP) is 5.06. The van der Waals surface area contributed by atoms with Crippen LogP contribution in [0.15, 0.2) is 40.9 Å². The van der Waals surface area contributed by atoms with Crippen molar-refractivity contribution < 1.29 is 13.9 Å². The van der Waals surface area contributed by atoms with E-state index in [2.05, 4.69) is 15.9 Å². The zero-order valence-corrected chi connectivity index (χ0v) is 14.4.